The second-order valence-corrected chi connectivity index (χ2v) is 8.02. The summed E-state index contributed by atoms with van der Waals surface area (Å²) in [5, 5.41) is 11.5. The Morgan fingerprint density at radius 2 is 1.86 bits per heavy atom. The molecule has 0 unspecified atom stereocenters. The smallest absolute Gasteiger partial charge is 0.254 e. The van der Waals surface area contributed by atoms with Crippen molar-refractivity contribution in [2.24, 2.45) is 7.05 Å². The van der Waals surface area contributed by atoms with E-state index >= 15 is 0 Å². The van der Waals surface area contributed by atoms with Crippen LogP contribution in [0.15, 0.2) is 58.2 Å². The Labute approximate surface area is 180 Å². The first-order chi connectivity index (χ1) is 14.0. The molecule has 3 rings (SSSR count). The minimum Gasteiger partial charge on any atom is -0.351 e. The average Bonchev–Trinajstić information content (AvgIpc) is 3.06. The molecule has 1 aromatic heterocycles. The van der Waals surface area contributed by atoms with Gasteiger partial charge in [0, 0.05) is 30.0 Å². The molecule has 0 aliphatic rings. The first kappa shape index (κ1) is 21.2. The van der Waals surface area contributed by atoms with Crippen molar-refractivity contribution >= 4 is 39.4 Å². The number of thioether (sulfide) groups is 1. The number of hydrogen-bond acceptors (Lipinski definition) is 5. The topological polar surface area (TPSA) is 76.9 Å². The standard InChI is InChI=1S/C20H18BrFN4O2S/c1-26-18(10-11-23-19(28)15-4-2-3-5-16(15)22)24-25-20(26)29-12-17(27)13-6-8-14(21)9-7-13/h2-9H,10-12H2,1H3,(H,23,28). The van der Waals surface area contributed by atoms with Gasteiger partial charge in [-0.05, 0) is 24.3 Å². The number of aromatic nitrogens is 3. The number of carbonyl (C=O) groups is 2. The van der Waals surface area contributed by atoms with Gasteiger partial charge >= 0.3 is 0 Å². The highest BCUT2D eigenvalue weighted by atomic mass is 79.9. The van der Waals surface area contributed by atoms with E-state index in [9.17, 15) is 14.0 Å². The first-order valence-electron chi connectivity index (χ1n) is 8.78. The maximum absolute atomic E-state index is 13.6. The van der Waals surface area contributed by atoms with Crippen LogP contribution < -0.4 is 5.32 Å². The van der Waals surface area contributed by atoms with Crippen molar-refractivity contribution in [1.29, 1.82) is 0 Å². The van der Waals surface area contributed by atoms with Crippen LogP contribution >= 0.6 is 27.7 Å². The molecule has 1 heterocycles. The van der Waals surface area contributed by atoms with Crippen molar-refractivity contribution in [3.8, 4) is 0 Å². The highest BCUT2D eigenvalue weighted by Crippen LogP contribution is 2.18. The van der Waals surface area contributed by atoms with Crippen LogP contribution in [0.3, 0.4) is 0 Å². The molecule has 0 atom stereocenters. The Morgan fingerprint density at radius 1 is 1.14 bits per heavy atom. The van der Waals surface area contributed by atoms with Gasteiger partial charge in [-0.15, -0.1) is 10.2 Å². The van der Waals surface area contributed by atoms with Crippen LogP contribution in [0, 0.1) is 5.82 Å². The molecule has 29 heavy (non-hydrogen) atoms. The highest BCUT2D eigenvalue weighted by molar-refractivity contribution is 9.10. The molecule has 3 aromatic rings. The van der Waals surface area contributed by atoms with E-state index < -0.39 is 11.7 Å². The molecule has 0 bridgehead atoms. The zero-order valence-electron chi connectivity index (χ0n) is 15.6. The molecule has 9 heteroatoms. The monoisotopic (exact) mass is 476 g/mol. The number of rotatable bonds is 8. The Kier molecular flexibility index (Phi) is 7.16. The van der Waals surface area contributed by atoms with E-state index in [0.29, 0.717) is 29.5 Å². The lowest BCUT2D eigenvalue weighted by molar-refractivity contribution is 0.0949. The van der Waals surface area contributed by atoms with Crippen molar-refractivity contribution in [1.82, 2.24) is 20.1 Å². The van der Waals surface area contributed by atoms with E-state index in [1.807, 2.05) is 12.1 Å². The summed E-state index contributed by atoms with van der Waals surface area (Å²) in [6.45, 7) is 0.293. The van der Waals surface area contributed by atoms with E-state index in [-0.39, 0.29) is 17.1 Å². The summed E-state index contributed by atoms with van der Waals surface area (Å²) in [4.78, 5) is 24.3. The zero-order valence-corrected chi connectivity index (χ0v) is 18.0. The number of hydrogen-bond donors (Lipinski definition) is 1. The summed E-state index contributed by atoms with van der Waals surface area (Å²) in [7, 11) is 1.81. The van der Waals surface area contributed by atoms with E-state index in [0.717, 1.165) is 4.47 Å². The number of nitrogens with one attached hydrogen (secondary N) is 1. The Hall–Kier alpha value is -2.52. The lowest BCUT2D eigenvalue weighted by atomic mass is 10.2. The molecule has 6 nitrogen and oxygen atoms in total. The van der Waals surface area contributed by atoms with Gasteiger partial charge in [0.2, 0.25) is 0 Å². The third kappa shape index (κ3) is 5.51. The van der Waals surface area contributed by atoms with Gasteiger partial charge in [-0.2, -0.15) is 0 Å². The molecule has 0 saturated carbocycles. The molecule has 0 aliphatic heterocycles. The highest BCUT2D eigenvalue weighted by Gasteiger charge is 2.14. The zero-order chi connectivity index (χ0) is 20.8. The van der Waals surface area contributed by atoms with Crippen LogP contribution in [0.4, 0.5) is 4.39 Å². The minimum absolute atomic E-state index is 0.00389. The first-order valence-corrected chi connectivity index (χ1v) is 10.6. The number of halogens is 2. The summed E-state index contributed by atoms with van der Waals surface area (Å²) in [5.74, 6) is -0.114. The maximum atomic E-state index is 13.6. The Morgan fingerprint density at radius 3 is 2.59 bits per heavy atom. The molecule has 0 radical (unpaired) electrons. The molecule has 2 aromatic carbocycles. The van der Waals surface area contributed by atoms with Gasteiger partial charge in [0.25, 0.3) is 5.91 Å². The quantitative estimate of drug-likeness (QED) is 0.396. The molecule has 0 aliphatic carbocycles. The number of carbonyl (C=O) groups excluding carboxylic acids is 2. The third-order valence-corrected chi connectivity index (χ3v) is 5.73. The van der Waals surface area contributed by atoms with E-state index in [1.54, 1.807) is 29.8 Å². The lowest BCUT2D eigenvalue weighted by Gasteiger charge is -2.06. The average molecular weight is 477 g/mol. The maximum Gasteiger partial charge on any atom is 0.254 e. The van der Waals surface area contributed by atoms with Gasteiger partial charge in [0.15, 0.2) is 10.9 Å². The van der Waals surface area contributed by atoms with Gasteiger partial charge < -0.3 is 9.88 Å². The van der Waals surface area contributed by atoms with Gasteiger partial charge in [-0.3, -0.25) is 9.59 Å². The van der Waals surface area contributed by atoms with Crippen molar-refractivity contribution in [3.05, 3.63) is 75.8 Å². The minimum atomic E-state index is -0.558. The SMILES string of the molecule is Cn1c(CCNC(=O)c2ccccc2F)nnc1SCC(=O)c1ccc(Br)cc1. The van der Waals surface area contributed by atoms with E-state index in [2.05, 4.69) is 31.4 Å². The summed E-state index contributed by atoms with van der Waals surface area (Å²) >= 11 is 4.65. The van der Waals surface area contributed by atoms with Gasteiger partial charge in [0.1, 0.15) is 11.6 Å². The second-order valence-electron chi connectivity index (χ2n) is 6.16. The van der Waals surface area contributed by atoms with Crippen LogP contribution in [0.25, 0.3) is 0 Å². The molecule has 0 saturated heterocycles. The number of nitrogens with zero attached hydrogens (tertiary/aromatic N) is 3. The molecule has 1 amide bonds. The molecule has 1 N–H and O–H groups in total. The molecular formula is C20H18BrFN4O2S. The fraction of sp³-hybridized carbons (Fsp3) is 0.200. The van der Waals surface area contributed by atoms with Crippen LogP contribution in [-0.2, 0) is 13.5 Å². The van der Waals surface area contributed by atoms with Gasteiger partial charge in [0.05, 0.1) is 11.3 Å². The summed E-state index contributed by atoms with van der Waals surface area (Å²) in [6, 6.07) is 13.0. The fourth-order valence-electron chi connectivity index (χ4n) is 2.57. The predicted molar refractivity (Wildman–Crippen MR) is 113 cm³/mol. The molecular weight excluding hydrogens is 459 g/mol. The molecule has 0 spiro atoms. The van der Waals surface area contributed by atoms with Gasteiger partial charge in [-0.1, -0.05) is 52.0 Å². The van der Waals surface area contributed by atoms with E-state index in [1.165, 1.54) is 30.0 Å². The van der Waals surface area contributed by atoms with Crippen LogP contribution in [-0.4, -0.2) is 38.8 Å². The van der Waals surface area contributed by atoms with Crippen LogP contribution in [0.2, 0.25) is 0 Å². The van der Waals surface area contributed by atoms with Crippen molar-refractivity contribution in [3.63, 3.8) is 0 Å². The summed E-state index contributed by atoms with van der Waals surface area (Å²) in [6.07, 6.45) is 0.435. The number of ketones is 1. The Bertz CT molecular complexity index is 1020. The second kappa shape index (κ2) is 9.80. The number of Topliss-reactive ketones (excluding diaryl/α,β-unsaturated/α-hetero) is 1. The summed E-state index contributed by atoms with van der Waals surface area (Å²) < 4.78 is 16.3. The third-order valence-electron chi connectivity index (χ3n) is 4.18. The number of amides is 1. The fourth-order valence-corrected chi connectivity index (χ4v) is 3.65. The molecule has 0 fully saturated rings. The van der Waals surface area contributed by atoms with Crippen LogP contribution in [0.1, 0.15) is 26.5 Å². The predicted octanol–water partition coefficient (Wildman–Crippen LogP) is 3.66. The van der Waals surface area contributed by atoms with Gasteiger partial charge in [-0.25, -0.2) is 4.39 Å². The number of benzene rings is 2. The van der Waals surface area contributed by atoms with Crippen LogP contribution in [0.5, 0.6) is 0 Å². The van der Waals surface area contributed by atoms with Crippen molar-refractivity contribution < 1.29 is 14.0 Å². The normalized spacial score (nSPS) is 10.7. The Balaban J connectivity index is 1.51. The van der Waals surface area contributed by atoms with Crippen molar-refractivity contribution in [2.75, 3.05) is 12.3 Å². The van der Waals surface area contributed by atoms with Crippen molar-refractivity contribution in [2.45, 2.75) is 11.6 Å². The summed E-state index contributed by atoms with van der Waals surface area (Å²) in [5.41, 5.74) is 0.645. The molecule has 150 valence electrons. The van der Waals surface area contributed by atoms with E-state index in [4.69, 9.17) is 0 Å². The largest absolute Gasteiger partial charge is 0.351 e. The lowest BCUT2D eigenvalue weighted by Crippen LogP contribution is -2.27.